The number of aliphatic imine (C=N–C) groups is 1. The van der Waals surface area contributed by atoms with Gasteiger partial charge < -0.3 is 20.4 Å². The number of piperidine rings is 1. The van der Waals surface area contributed by atoms with Gasteiger partial charge in [-0.05, 0) is 57.5 Å². The summed E-state index contributed by atoms with van der Waals surface area (Å²) >= 11 is 0. The van der Waals surface area contributed by atoms with E-state index >= 15 is 0 Å². The number of nitrogens with one attached hydrogen (secondary N) is 2. The highest BCUT2D eigenvalue weighted by atomic mass is 19.1. The highest BCUT2D eigenvalue weighted by molar-refractivity contribution is 5.80. The Labute approximate surface area is 180 Å². The van der Waals surface area contributed by atoms with Crippen LogP contribution in [0.15, 0.2) is 23.2 Å². The first kappa shape index (κ1) is 24.1. The molecule has 1 heterocycles. The van der Waals surface area contributed by atoms with Gasteiger partial charge in [0, 0.05) is 50.7 Å². The van der Waals surface area contributed by atoms with E-state index in [4.69, 9.17) is 0 Å². The number of halogens is 1. The topological polar surface area (TPSA) is 60.0 Å². The number of benzene rings is 1. The van der Waals surface area contributed by atoms with Crippen LogP contribution in [0.1, 0.15) is 50.7 Å². The SMILES string of the molecule is CCC(CC)C(=O)N1CCC(NC(=NC)NCc2ccc(F)c(CN(C)C)c2)CC1. The molecule has 1 aliphatic rings. The van der Waals surface area contributed by atoms with Crippen LogP contribution in [0.2, 0.25) is 0 Å². The fourth-order valence-corrected chi connectivity index (χ4v) is 3.91. The Hall–Kier alpha value is -2.15. The second-order valence-corrected chi connectivity index (χ2v) is 8.35. The highest BCUT2D eigenvalue weighted by Crippen LogP contribution is 2.17. The van der Waals surface area contributed by atoms with Crippen LogP contribution in [-0.2, 0) is 17.9 Å². The number of carbonyl (C=O) groups excluding carboxylic acids is 1. The van der Waals surface area contributed by atoms with Crippen LogP contribution in [0, 0.1) is 11.7 Å². The molecule has 0 aliphatic carbocycles. The fourth-order valence-electron chi connectivity index (χ4n) is 3.91. The number of hydrogen-bond acceptors (Lipinski definition) is 3. The zero-order chi connectivity index (χ0) is 22.1. The summed E-state index contributed by atoms with van der Waals surface area (Å²) in [5, 5.41) is 6.80. The van der Waals surface area contributed by atoms with Gasteiger partial charge in [-0.2, -0.15) is 0 Å². The summed E-state index contributed by atoms with van der Waals surface area (Å²) in [4.78, 5) is 20.9. The minimum Gasteiger partial charge on any atom is -0.354 e. The van der Waals surface area contributed by atoms with Gasteiger partial charge >= 0.3 is 0 Å². The van der Waals surface area contributed by atoms with Gasteiger partial charge in [-0.15, -0.1) is 0 Å². The lowest BCUT2D eigenvalue weighted by Crippen LogP contribution is -2.50. The van der Waals surface area contributed by atoms with Gasteiger partial charge in [0.05, 0.1) is 0 Å². The molecule has 168 valence electrons. The normalized spacial score (nSPS) is 15.7. The predicted molar refractivity (Wildman–Crippen MR) is 121 cm³/mol. The summed E-state index contributed by atoms with van der Waals surface area (Å²) in [6.45, 7) is 6.89. The van der Waals surface area contributed by atoms with Crippen molar-refractivity contribution in [2.75, 3.05) is 34.2 Å². The molecule has 2 rings (SSSR count). The van der Waals surface area contributed by atoms with Crippen LogP contribution < -0.4 is 10.6 Å². The number of hydrogen-bond donors (Lipinski definition) is 2. The Bertz CT molecular complexity index is 710. The summed E-state index contributed by atoms with van der Waals surface area (Å²) < 4.78 is 14.0. The van der Waals surface area contributed by atoms with E-state index in [0.29, 0.717) is 30.6 Å². The highest BCUT2D eigenvalue weighted by Gasteiger charge is 2.26. The van der Waals surface area contributed by atoms with Gasteiger partial charge in [0.1, 0.15) is 5.82 Å². The molecule has 0 unspecified atom stereocenters. The van der Waals surface area contributed by atoms with Crippen molar-refractivity contribution >= 4 is 11.9 Å². The molecule has 1 saturated heterocycles. The van der Waals surface area contributed by atoms with E-state index in [1.807, 2.05) is 30.0 Å². The van der Waals surface area contributed by atoms with Crippen LogP contribution in [0.3, 0.4) is 0 Å². The predicted octanol–water partition coefficient (Wildman–Crippen LogP) is 2.98. The molecule has 0 aromatic heterocycles. The van der Waals surface area contributed by atoms with E-state index in [9.17, 15) is 9.18 Å². The standard InChI is InChI=1S/C23H38FN5O/c1-6-18(7-2)22(30)29-12-10-20(11-13-29)27-23(25-3)26-15-17-8-9-21(24)19(14-17)16-28(4)5/h8-9,14,18,20H,6-7,10-13,15-16H2,1-5H3,(H2,25,26,27). The summed E-state index contributed by atoms with van der Waals surface area (Å²) in [5.74, 6) is 1.01. The zero-order valence-corrected chi connectivity index (χ0v) is 19.2. The van der Waals surface area contributed by atoms with Gasteiger partial charge in [-0.1, -0.05) is 19.9 Å². The van der Waals surface area contributed by atoms with E-state index in [1.54, 1.807) is 13.1 Å². The molecule has 1 aromatic rings. The molecule has 30 heavy (non-hydrogen) atoms. The molecule has 1 aliphatic heterocycles. The van der Waals surface area contributed by atoms with Gasteiger partial charge in [0.15, 0.2) is 5.96 Å². The Morgan fingerprint density at radius 3 is 2.50 bits per heavy atom. The fraction of sp³-hybridized carbons (Fsp3) is 0.652. The zero-order valence-electron chi connectivity index (χ0n) is 19.2. The first-order valence-electron chi connectivity index (χ1n) is 11.1. The quantitative estimate of drug-likeness (QED) is 0.502. The van der Waals surface area contributed by atoms with Crippen molar-refractivity contribution in [3.05, 3.63) is 35.1 Å². The van der Waals surface area contributed by atoms with Crippen molar-refractivity contribution in [3.63, 3.8) is 0 Å². The summed E-state index contributed by atoms with van der Waals surface area (Å²) in [6.07, 6.45) is 3.64. The minimum absolute atomic E-state index is 0.150. The lowest BCUT2D eigenvalue weighted by Gasteiger charge is -2.34. The lowest BCUT2D eigenvalue weighted by molar-refractivity contribution is -0.136. The smallest absolute Gasteiger partial charge is 0.225 e. The van der Waals surface area contributed by atoms with Crippen LogP contribution in [0.5, 0.6) is 0 Å². The van der Waals surface area contributed by atoms with Gasteiger partial charge in [0.25, 0.3) is 0 Å². The van der Waals surface area contributed by atoms with Crippen molar-refractivity contribution < 1.29 is 9.18 Å². The molecular formula is C23H38FN5O. The van der Waals surface area contributed by atoms with Crippen molar-refractivity contribution in [2.45, 2.75) is 58.7 Å². The summed E-state index contributed by atoms with van der Waals surface area (Å²) in [5.41, 5.74) is 1.71. The first-order chi connectivity index (χ1) is 14.4. The summed E-state index contributed by atoms with van der Waals surface area (Å²) in [6, 6.07) is 5.52. The van der Waals surface area contributed by atoms with Gasteiger partial charge in [0.2, 0.25) is 5.91 Å². The molecule has 1 aromatic carbocycles. The maximum absolute atomic E-state index is 14.0. The molecular weight excluding hydrogens is 381 g/mol. The van der Waals surface area contributed by atoms with Gasteiger partial charge in [-0.25, -0.2) is 4.39 Å². The van der Waals surface area contributed by atoms with E-state index in [1.165, 1.54) is 6.07 Å². The number of rotatable bonds is 8. The average molecular weight is 420 g/mol. The molecule has 7 heteroatoms. The van der Waals surface area contributed by atoms with Crippen molar-refractivity contribution in [1.29, 1.82) is 0 Å². The number of nitrogens with zero attached hydrogens (tertiary/aromatic N) is 3. The maximum Gasteiger partial charge on any atom is 0.225 e. The number of likely N-dealkylation sites (tertiary alicyclic amines) is 1. The Morgan fingerprint density at radius 1 is 1.27 bits per heavy atom. The van der Waals surface area contributed by atoms with Gasteiger partial charge in [-0.3, -0.25) is 9.79 Å². The number of guanidine groups is 1. The van der Waals surface area contributed by atoms with E-state index < -0.39 is 0 Å². The molecule has 0 bridgehead atoms. The maximum atomic E-state index is 14.0. The second kappa shape index (κ2) is 11.9. The van der Waals surface area contributed by atoms with E-state index in [2.05, 4.69) is 29.5 Å². The van der Waals surface area contributed by atoms with Crippen LogP contribution in [0.4, 0.5) is 4.39 Å². The molecule has 1 amide bonds. The number of amides is 1. The monoisotopic (exact) mass is 419 g/mol. The molecule has 2 N–H and O–H groups in total. The van der Waals surface area contributed by atoms with Crippen molar-refractivity contribution in [1.82, 2.24) is 20.4 Å². The number of carbonyl (C=O) groups is 1. The van der Waals surface area contributed by atoms with Crippen LogP contribution in [-0.4, -0.2) is 61.9 Å². The van der Waals surface area contributed by atoms with E-state index in [0.717, 1.165) is 50.3 Å². The molecule has 0 radical (unpaired) electrons. The third-order valence-electron chi connectivity index (χ3n) is 5.76. The van der Waals surface area contributed by atoms with E-state index in [-0.39, 0.29) is 11.7 Å². The Morgan fingerprint density at radius 2 is 1.93 bits per heavy atom. The third kappa shape index (κ3) is 6.97. The Kier molecular flexibility index (Phi) is 9.56. The third-order valence-corrected chi connectivity index (χ3v) is 5.76. The molecule has 1 fully saturated rings. The van der Waals surface area contributed by atoms with Crippen molar-refractivity contribution in [3.8, 4) is 0 Å². The van der Waals surface area contributed by atoms with Crippen molar-refractivity contribution in [2.24, 2.45) is 10.9 Å². The molecule has 0 spiro atoms. The Balaban J connectivity index is 1.84. The average Bonchev–Trinajstić information content (AvgIpc) is 2.74. The van der Waals surface area contributed by atoms with Crippen LogP contribution in [0.25, 0.3) is 0 Å². The lowest BCUT2D eigenvalue weighted by atomic mass is 9.98. The summed E-state index contributed by atoms with van der Waals surface area (Å²) in [7, 11) is 5.61. The minimum atomic E-state index is -0.176. The molecule has 0 saturated carbocycles. The molecule has 6 nitrogen and oxygen atoms in total. The van der Waals surface area contributed by atoms with Crippen LogP contribution >= 0.6 is 0 Å². The first-order valence-corrected chi connectivity index (χ1v) is 11.1. The largest absolute Gasteiger partial charge is 0.354 e. The second-order valence-electron chi connectivity index (χ2n) is 8.35. The molecule has 0 atom stereocenters.